The molecule has 0 aliphatic carbocycles. The minimum absolute atomic E-state index is 0.180. The van der Waals surface area contributed by atoms with Crippen LogP contribution in [0.3, 0.4) is 0 Å². The summed E-state index contributed by atoms with van der Waals surface area (Å²) in [6, 6.07) is 16.2. The third-order valence-electron chi connectivity index (χ3n) is 10.9. The molecule has 2 saturated heterocycles. The molecule has 426 valence electrons. The van der Waals surface area contributed by atoms with Gasteiger partial charge in [-0.05, 0) is 17.2 Å². The second-order valence-electron chi connectivity index (χ2n) is 17.1. The van der Waals surface area contributed by atoms with Gasteiger partial charge in [0.2, 0.25) is 11.8 Å². The highest BCUT2D eigenvalue weighted by Crippen LogP contribution is 2.54. The Labute approximate surface area is 444 Å². The Balaban J connectivity index is 1.55. The quantitative estimate of drug-likeness (QED) is 0.0623. The Bertz CT molecular complexity index is 2760. The molecule has 5 rings (SSSR count). The SMILES string of the molecule is COC(=O)[C@]1(OP(=O)(O)OC[C@H]2O[C@@H](n3ccc(NC(C)=O)nc3=O)[C@H](OC(C)=O)[C@@H]2OC(C)=O)C[C@H](OC(C)=O)[C@@H](NC(C)=O)[C@H]([C@H](OC(C)=O)[C@@H](COP(=O)(OCc2ccccc2)OCc2ccccc2)OC(C)=O)O1. The maximum Gasteiger partial charge on any atom is 0.475 e. The Hall–Kier alpha value is -6.78. The molecule has 0 spiro atoms. The molecule has 0 saturated carbocycles. The van der Waals surface area contributed by atoms with Crippen LogP contribution < -0.4 is 16.3 Å². The number of nitrogens with zero attached hydrogens (tertiary/aromatic N) is 2. The van der Waals surface area contributed by atoms with Crippen molar-refractivity contribution in [2.24, 2.45) is 0 Å². The number of phosphoric ester groups is 2. The summed E-state index contributed by atoms with van der Waals surface area (Å²) in [5.74, 6) is -11.9. The van der Waals surface area contributed by atoms with Crippen molar-refractivity contribution in [3.63, 3.8) is 0 Å². The molecule has 78 heavy (non-hydrogen) atoms. The summed E-state index contributed by atoms with van der Waals surface area (Å²) < 4.78 is 102. The summed E-state index contributed by atoms with van der Waals surface area (Å²) in [7, 11) is -9.89. The molecule has 2 fully saturated rings. The first-order chi connectivity index (χ1) is 36.7. The maximum atomic E-state index is 14.5. The van der Waals surface area contributed by atoms with Crippen molar-refractivity contribution >= 4 is 69.1 Å². The van der Waals surface area contributed by atoms with Gasteiger partial charge in [0.15, 0.2) is 30.6 Å². The Morgan fingerprint density at radius 2 is 1.31 bits per heavy atom. The summed E-state index contributed by atoms with van der Waals surface area (Å²) in [4.78, 5) is 131. The van der Waals surface area contributed by atoms with Gasteiger partial charge in [0, 0.05) is 54.7 Å². The van der Waals surface area contributed by atoms with Gasteiger partial charge in [0.25, 0.3) is 5.79 Å². The lowest BCUT2D eigenvalue weighted by atomic mass is 9.88. The molecule has 2 aromatic carbocycles. The topological polar surface area (TPSA) is 370 Å². The van der Waals surface area contributed by atoms with Gasteiger partial charge in [-0.25, -0.2) is 23.2 Å². The predicted molar refractivity (Wildman–Crippen MR) is 259 cm³/mol. The molecule has 1 unspecified atom stereocenters. The largest absolute Gasteiger partial charge is 0.475 e. The third kappa shape index (κ3) is 17.9. The molecule has 3 N–H and O–H groups in total. The maximum absolute atomic E-state index is 14.5. The summed E-state index contributed by atoms with van der Waals surface area (Å²) in [5, 5.41) is 4.77. The van der Waals surface area contributed by atoms with Crippen LogP contribution in [-0.4, -0.2) is 137 Å². The van der Waals surface area contributed by atoms with E-state index in [1.165, 1.54) is 6.07 Å². The number of methoxy groups -OCH3 is 1. The van der Waals surface area contributed by atoms with Crippen LogP contribution in [-0.2, 0) is 121 Å². The van der Waals surface area contributed by atoms with Gasteiger partial charge in [-0.1, -0.05) is 60.7 Å². The van der Waals surface area contributed by atoms with E-state index < -0.39 is 149 Å². The van der Waals surface area contributed by atoms with Crippen LogP contribution in [0, 0.1) is 0 Å². The highest BCUT2D eigenvalue weighted by Gasteiger charge is 2.62. The number of ether oxygens (including phenoxy) is 8. The predicted octanol–water partition coefficient (Wildman–Crippen LogP) is 2.61. The fourth-order valence-corrected chi connectivity index (χ4v) is 10.1. The average molecular weight is 1140 g/mol. The number of nitrogens with one attached hydrogen (secondary N) is 2. The zero-order chi connectivity index (χ0) is 57.5. The number of anilines is 1. The zero-order valence-corrected chi connectivity index (χ0v) is 45.0. The van der Waals surface area contributed by atoms with Crippen LogP contribution in [0.5, 0.6) is 0 Å². The monoisotopic (exact) mass is 1140 g/mol. The molecule has 0 radical (unpaired) electrons. The van der Waals surface area contributed by atoms with Gasteiger partial charge in [-0.2, -0.15) is 4.98 Å². The van der Waals surface area contributed by atoms with Crippen molar-refractivity contribution in [2.75, 3.05) is 25.6 Å². The number of carbonyl (C=O) groups is 8. The van der Waals surface area contributed by atoms with E-state index >= 15 is 0 Å². The first-order valence-corrected chi connectivity index (χ1v) is 26.4. The highest BCUT2D eigenvalue weighted by atomic mass is 31.2. The fraction of sp³-hybridized carbons (Fsp3) is 0.489. The zero-order valence-electron chi connectivity index (χ0n) is 43.2. The van der Waals surface area contributed by atoms with Gasteiger partial charge in [0.05, 0.1) is 46.0 Å². The molecule has 3 heterocycles. The van der Waals surface area contributed by atoms with Gasteiger partial charge < -0.3 is 53.4 Å². The molecule has 2 aliphatic heterocycles. The number of aromatic nitrogens is 2. The highest BCUT2D eigenvalue weighted by molar-refractivity contribution is 7.48. The van der Waals surface area contributed by atoms with Crippen LogP contribution in [0.2, 0.25) is 0 Å². The number of amides is 2. The van der Waals surface area contributed by atoms with E-state index in [-0.39, 0.29) is 19.0 Å². The van der Waals surface area contributed by atoms with E-state index in [2.05, 4.69) is 15.6 Å². The summed E-state index contributed by atoms with van der Waals surface area (Å²) >= 11 is 0. The standard InChI is InChI=1S/C47H58N4O25P2/c1-26(52)48-38-19-20-51(46(60)50-38)44-43(73-32(7)58)41(72-31(6)57)37(74-44)24-65-77(61,62)76-47(45(59)64-8)21-35(69-28(3)54)39(49-27(2)53)42(75-47)40(71-30(5)56)36(70-29(4)55)25-68-78(63,66-22-33-15-11-9-12-16-33)67-23-34-17-13-10-14-18-34/h9-20,35-37,39-44H,21-25H2,1-8H3,(H,49,53)(H,61,62)(H,48,50,52,60)/t35-,36+,37+,39+,40+,41+,42+,43+,44+,47+/m0/s1. The molecule has 0 bridgehead atoms. The van der Waals surface area contributed by atoms with Gasteiger partial charge >= 0.3 is 57.2 Å². The van der Waals surface area contributed by atoms with Crippen LogP contribution in [0.25, 0.3) is 0 Å². The number of benzene rings is 2. The van der Waals surface area contributed by atoms with Crippen LogP contribution in [0.15, 0.2) is 77.7 Å². The number of hydrogen-bond donors (Lipinski definition) is 3. The van der Waals surface area contributed by atoms with Gasteiger partial charge in [-0.3, -0.25) is 56.2 Å². The fourth-order valence-electron chi connectivity index (χ4n) is 7.98. The average Bonchev–Trinajstić information content (AvgIpc) is 3.83. The minimum atomic E-state index is -5.91. The number of rotatable bonds is 25. The van der Waals surface area contributed by atoms with Crippen molar-refractivity contribution in [3.8, 4) is 0 Å². The lowest BCUT2D eigenvalue weighted by Gasteiger charge is -2.48. The number of esters is 6. The summed E-state index contributed by atoms with van der Waals surface area (Å²) in [5.41, 5.74) is -0.0440. The van der Waals surface area contributed by atoms with E-state index in [4.69, 9.17) is 60.5 Å². The van der Waals surface area contributed by atoms with Gasteiger partial charge in [0.1, 0.15) is 24.1 Å². The van der Waals surface area contributed by atoms with E-state index in [9.17, 15) is 57.2 Å². The van der Waals surface area contributed by atoms with Crippen LogP contribution in [0.4, 0.5) is 5.82 Å². The van der Waals surface area contributed by atoms with E-state index in [0.29, 0.717) is 11.1 Å². The smallest absolute Gasteiger partial charge is 0.465 e. The van der Waals surface area contributed by atoms with Gasteiger partial charge in [-0.15, -0.1) is 0 Å². The second kappa shape index (κ2) is 27.7. The summed E-state index contributed by atoms with van der Waals surface area (Å²) in [6.45, 7) is 3.89. The molecule has 31 heteroatoms. The third-order valence-corrected chi connectivity index (χ3v) is 13.2. The normalized spacial score (nSPS) is 23.5. The lowest BCUT2D eigenvalue weighted by molar-refractivity contribution is -0.293. The molecule has 29 nitrogen and oxygen atoms in total. The van der Waals surface area contributed by atoms with E-state index in [1.807, 2.05) is 0 Å². The molecule has 2 amide bonds. The molecule has 3 aromatic rings. The van der Waals surface area contributed by atoms with E-state index in [0.717, 1.165) is 66.3 Å². The Morgan fingerprint density at radius 1 is 0.744 bits per heavy atom. The molecule has 11 atom stereocenters. The van der Waals surface area contributed by atoms with Crippen LogP contribution in [0.1, 0.15) is 72.2 Å². The lowest BCUT2D eigenvalue weighted by Crippen LogP contribution is -2.69. The molecule has 1 aromatic heterocycles. The number of phosphoric acid groups is 2. The number of carbonyl (C=O) groups excluding carboxylic acids is 8. The van der Waals surface area contributed by atoms with Crippen LogP contribution >= 0.6 is 15.6 Å². The number of hydrogen-bond acceptors (Lipinski definition) is 25. The van der Waals surface area contributed by atoms with Crippen molar-refractivity contribution in [3.05, 3.63) is 94.5 Å². The second-order valence-corrected chi connectivity index (χ2v) is 20.2. The first-order valence-electron chi connectivity index (χ1n) is 23.4. The van der Waals surface area contributed by atoms with Crippen molar-refractivity contribution in [2.45, 2.75) is 129 Å². The Kier molecular flexibility index (Phi) is 22.0. The molecular formula is C47H58N4O25P2. The molecule has 2 aliphatic rings. The van der Waals surface area contributed by atoms with Crippen molar-refractivity contribution in [1.29, 1.82) is 0 Å². The first kappa shape index (κ1) is 62.1. The minimum Gasteiger partial charge on any atom is -0.465 e. The van der Waals surface area contributed by atoms with Crippen molar-refractivity contribution in [1.82, 2.24) is 14.9 Å². The van der Waals surface area contributed by atoms with E-state index in [1.54, 1.807) is 60.7 Å². The Morgan fingerprint density at radius 3 is 1.81 bits per heavy atom. The molecular weight excluding hydrogens is 1080 g/mol. The van der Waals surface area contributed by atoms with Crippen molar-refractivity contribution < 1.29 is 113 Å². The summed E-state index contributed by atoms with van der Waals surface area (Å²) in [6.07, 6.45) is -15.1.